The minimum atomic E-state index is 0.622. The summed E-state index contributed by atoms with van der Waals surface area (Å²) in [5.74, 6) is 0. The molecule has 0 amide bonds. The van der Waals surface area contributed by atoms with Crippen LogP contribution in [-0.2, 0) is 9.53 Å². The van der Waals surface area contributed by atoms with Crippen LogP contribution in [-0.4, -0.2) is 20.0 Å². The van der Waals surface area contributed by atoms with Crippen LogP contribution in [0.25, 0.3) is 0 Å². The maximum Gasteiger partial charge on any atom is 0.198 e. The van der Waals surface area contributed by atoms with E-state index in [1.807, 2.05) is 6.29 Å². The zero-order chi connectivity index (χ0) is 11.2. The van der Waals surface area contributed by atoms with Gasteiger partial charge in [0.15, 0.2) is 6.29 Å². The Morgan fingerprint density at radius 2 is 1.27 bits per heavy atom. The maximum absolute atomic E-state index is 9.93. The van der Waals surface area contributed by atoms with Crippen molar-refractivity contribution in [2.75, 3.05) is 13.7 Å². The van der Waals surface area contributed by atoms with Gasteiger partial charge in [-0.3, -0.25) is 4.79 Å². The molecule has 89 valence electrons. The van der Waals surface area contributed by atoms with Crippen LogP contribution in [0.3, 0.4) is 0 Å². The lowest BCUT2D eigenvalue weighted by atomic mass is 10.1. The fourth-order valence-corrected chi connectivity index (χ4v) is 1.68. The Morgan fingerprint density at radius 3 is 1.73 bits per heavy atom. The number of hydrogen-bond donors (Lipinski definition) is 0. The topological polar surface area (TPSA) is 26.3 Å². The number of carbonyl (C=O) groups excluding carboxylic acids is 1. The zero-order valence-electron chi connectivity index (χ0n) is 10.1. The van der Waals surface area contributed by atoms with E-state index in [0.29, 0.717) is 6.42 Å². The highest BCUT2D eigenvalue weighted by atomic mass is 16.5. The number of rotatable bonds is 12. The third-order valence-electron chi connectivity index (χ3n) is 2.63. The van der Waals surface area contributed by atoms with Gasteiger partial charge in [0.2, 0.25) is 0 Å². The van der Waals surface area contributed by atoms with E-state index in [1.54, 1.807) is 7.11 Å². The molecule has 0 aromatic heterocycles. The second-order valence-corrected chi connectivity index (χ2v) is 4.07. The zero-order valence-corrected chi connectivity index (χ0v) is 10.1. The van der Waals surface area contributed by atoms with Crippen molar-refractivity contribution in [1.29, 1.82) is 0 Å². The van der Waals surface area contributed by atoms with E-state index in [-0.39, 0.29) is 0 Å². The van der Waals surface area contributed by atoms with Gasteiger partial charge in [-0.1, -0.05) is 44.9 Å². The van der Waals surface area contributed by atoms with Crippen LogP contribution >= 0.6 is 0 Å². The molecule has 0 aliphatic heterocycles. The molecule has 0 fully saturated rings. The molecule has 0 atom stereocenters. The van der Waals surface area contributed by atoms with Crippen molar-refractivity contribution in [3.8, 4) is 0 Å². The SMILES string of the molecule is COCCCCCCCCCCC[C]=O. The number of unbranched alkanes of at least 4 members (excludes halogenated alkanes) is 9. The molecule has 0 saturated heterocycles. The molecule has 0 aliphatic carbocycles. The molecule has 2 nitrogen and oxygen atoms in total. The van der Waals surface area contributed by atoms with Gasteiger partial charge in [0.25, 0.3) is 0 Å². The summed E-state index contributed by atoms with van der Waals surface area (Å²) in [5.41, 5.74) is 0. The fourth-order valence-electron chi connectivity index (χ4n) is 1.68. The third-order valence-corrected chi connectivity index (χ3v) is 2.63. The normalized spacial score (nSPS) is 10.5. The fraction of sp³-hybridized carbons (Fsp3) is 0.923. The molecule has 0 aromatic rings. The number of hydrogen-bond acceptors (Lipinski definition) is 2. The van der Waals surface area contributed by atoms with E-state index in [1.165, 1.54) is 51.4 Å². The summed E-state index contributed by atoms with van der Waals surface area (Å²) in [6, 6.07) is 0. The number of ether oxygens (including phenoxy) is 1. The molecule has 0 aromatic carbocycles. The first kappa shape index (κ1) is 14.6. The quantitative estimate of drug-likeness (QED) is 0.463. The van der Waals surface area contributed by atoms with Gasteiger partial charge in [-0.25, -0.2) is 0 Å². The van der Waals surface area contributed by atoms with Gasteiger partial charge in [0.05, 0.1) is 0 Å². The molecule has 15 heavy (non-hydrogen) atoms. The Kier molecular flexibility index (Phi) is 13.3. The Labute approximate surface area is 94.4 Å². The highest BCUT2D eigenvalue weighted by molar-refractivity contribution is 5.50. The molecule has 0 spiro atoms. The van der Waals surface area contributed by atoms with Crippen molar-refractivity contribution in [2.45, 2.75) is 64.2 Å². The standard InChI is InChI=1S/C13H25O2/c1-15-13-11-9-7-5-3-2-4-6-8-10-12-14/h2-11,13H2,1H3. The lowest BCUT2D eigenvalue weighted by Crippen LogP contribution is -1.88. The summed E-state index contributed by atoms with van der Waals surface area (Å²) in [5, 5.41) is 0. The van der Waals surface area contributed by atoms with Crippen LogP contribution in [0.4, 0.5) is 0 Å². The minimum absolute atomic E-state index is 0.622. The first-order valence-electron chi connectivity index (χ1n) is 6.25. The van der Waals surface area contributed by atoms with Gasteiger partial charge in [-0.2, -0.15) is 0 Å². The van der Waals surface area contributed by atoms with E-state index in [4.69, 9.17) is 4.74 Å². The van der Waals surface area contributed by atoms with E-state index in [2.05, 4.69) is 0 Å². The Balaban J connectivity index is 2.83. The van der Waals surface area contributed by atoms with E-state index < -0.39 is 0 Å². The van der Waals surface area contributed by atoms with E-state index in [9.17, 15) is 4.79 Å². The van der Waals surface area contributed by atoms with Crippen LogP contribution in [0.2, 0.25) is 0 Å². The van der Waals surface area contributed by atoms with Gasteiger partial charge < -0.3 is 4.74 Å². The molecule has 0 bridgehead atoms. The number of methoxy groups -OCH3 is 1. The van der Waals surface area contributed by atoms with Crippen LogP contribution in [0.5, 0.6) is 0 Å². The van der Waals surface area contributed by atoms with Crippen molar-refractivity contribution in [1.82, 2.24) is 0 Å². The van der Waals surface area contributed by atoms with Crippen molar-refractivity contribution >= 4 is 6.29 Å². The predicted molar refractivity (Wildman–Crippen MR) is 63.7 cm³/mol. The summed E-state index contributed by atoms with van der Waals surface area (Å²) < 4.78 is 4.99. The molecule has 0 aliphatic rings. The summed E-state index contributed by atoms with van der Waals surface area (Å²) in [7, 11) is 1.76. The first-order chi connectivity index (χ1) is 7.41. The van der Waals surface area contributed by atoms with Gasteiger partial charge in [0, 0.05) is 20.1 Å². The van der Waals surface area contributed by atoms with Gasteiger partial charge in [-0.15, -0.1) is 0 Å². The monoisotopic (exact) mass is 213 g/mol. The van der Waals surface area contributed by atoms with Gasteiger partial charge in [0.1, 0.15) is 0 Å². The highest BCUT2D eigenvalue weighted by Gasteiger charge is 1.92. The van der Waals surface area contributed by atoms with Crippen LogP contribution in [0.1, 0.15) is 64.2 Å². The smallest absolute Gasteiger partial charge is 0.198 e. The highest BCUT2D eigenvalue weighted by Crippen LogP contribution is 2.10. The maximum atomic E-state index is 9.93. The van der Waals surface area contributed by atoms with Crippen molar-refractivity contribution in [2.24, 2.45) is 0 Å². The van der Waals surface area contributed by atoms with Gasteiger partial charge >= 0.3 is 0 Å². The van der Waals surface area contributed by atoms with E-state index in [0.717, 1.165) is 13.0 Å². The Hall–Kier alpha value is -0.370. The van der Waals surface area contributed by atoms with Gasteiger partial charge in [-0.05, 0) is 12.8 Å². The molecule has 0 N–H and O–H groups in total. The summed E-state index contributed by atoms with van der Waals surface area (Å²) in [4.78, 5) is 9.93. The average Bonchev–Trinajstić information content (AvgIpc) is 2.26. The molecule has 0 heterocycles. The Bertz CT molecular complexity index is 124. The van der Waals surface area contributed by atoms with Crippen molar-refractivity contribution in [3.63, 3.8) is 0 Å². The predicted octanol–water partition coefficient (Wildman–Crippen LogP) is 3.64. The molecule has 0 rings (SSSR count). The average molecular weight is 213 g/mol. The second kappa shape index (κ2) is 13.6. The minimum Gasteiger partial charge on any atom is -0.385 e. The Morgan fingerprint density at radius 1 is 0.800 bits per heavy atom. The molecular weight excluding hydrogens is 188 g/mol. The third kappa shape index (κ3) is 13.6. The van der Waals surface area contributed by atoms with Crippen LogP contribution < -0.4 is 0 Å². The molecule has 2 heteroatoms. The van der Waals surface area contributed by atoms with Crippen LogP contribution in [0.15, 0.2) is 0 Å². The van der Waals surface area contributed by atoms with Crippen molar-refractivity contribution in [3.05, 3.63) is 0 Å². The summed E-state index contributed by atoms with van der Waals surface area (Å²) in [6.45, 7) is 0.905. The molecule has 1 radical (unpaired) electrons. The first-order valence-corrected chi connectivity index (χ1v) is 6.25. The lowest BCUT2D eigenvalue weighted by molar-refractivity contribution is 0.192. The lowest BCUT2D eigenvalue weighted by Gasteiger charge is -2.01. The van der Waals surface area contributed by atoms with Crippen molar-refractivity contribution < 1.29 is 9.53 Å². The molecule has 0 saturated carbocycles. The summed E-state index contributed by atoms with van der Waals surface area (Å²) in [6.07, 6.45) is 13.9. The molecular formula is C13H25O2. The second-order valence-electron chi connectivity index (χ2n) is 4.07. The van der Waals surface area contributed by atoms with E-state index >= 15 is 0 Å². The largest absolute Gasteiger partial charge is 0.385 e. The summed E-state index contributed by atoms with van der Waals surface area (Å²) >= 11 is 0. The van der Waals surface area contributed by atoms with Crippen LogP contribution in [0, 0.1) is 0 Å². The molecule has 0 unspecified atom stereocenters.